The summed E-state index contributed by atoms with van der Waals surface area (Å²) in [4.78, 5) is 23.4. The highest BCUT2D eigenvalue weighted by Gasteiger charge is 2.10. The Bertz CT molecular complexity index is 714. The molecule has 0 unspecified atom stereocenters. The van der Waals surface area contributed by atoms with E-state index in [1.54, 1.807) is 43.3 Å². The van der Waals surface area contributed by atoms with Gasteiger partial charge >= 0.3 is 0 Å². The highest BCUT2D eigenvalue weighted by Crippen LogP contribution is 2.17. The molecule has 0 aliphatic rings. The number of amides is 1. The molecule has 0 bridgehead atoms. The minimum atomic E-state index is -0.406. The van der Waals surface area contributed by atoms with Gasteiger partial charge in [0.15, 0.2) is 5.78 Å². The molecule has 5 heteroatoms. The molecule has 0 saturated carbocycles. The van der Waals surface area contributed by atoms with E-state index in [9.17, 15) is 14.0 Å². The van der Waals surface area contributed by atoms with Gasteiger partial charge in [0.2, 0.25) is 5.91 Å². The van der Waals surface area contributed by atoms with E-state index >= 15 is 0 Å². The smallest absolute Gasteiger partial charge is 0.243 e. The van der Waals surface area contributed by atoms with Crippen LogP contribution in [0.3, 0.4) is 0 Å². The number of Topliss-reactive ketones (excluding diaryl/α,β-unsaturated/α-hetero) is 1. The Hall–Kier alpha value is -2.69. The number of hydrogen-bond acceptors (Lipinski definition) is 3. The minimum absolute atomic E-state index is 0.0911. The Morgan fingerprint density at radius 1 is 1.09 bits per heavy atom. The molecule has 0 atom stereocenters. The highest BCUT2D eigenvalue weighted by molar-refractivity contribution is 6.04. The van der Waals surface area contributed by atoms with Crippen LogP contribution in [0.2, 0.25) is 0 Å². The summed E-state index contributed by atoms with van der Waals surface area (Å²) in [6, 6.07) is 11.5. The standard InChI is InChI=1S/C17H17FN2O2/c1-11-7-8-16(14(18)9-11)19-10-17(22)20-15-6-4-3-5-13(15)12(2)21/h3-9,19H,10H2,1-2H3,(H,20,22). The third kappa shape index (κ3) is 3.91. The van der Waals surface area contributed by atoms with E-state index in [0.717, 1.165) is 5.56 Å². The van der Waals surface area contributed by atoms with Crippen LogP contribution in [0, 0.1) is 12.7 Å². The number of carbonyl (C=O) groups is 2. The molecule has 2 N–H and O–H groups in total. The molecule has 2 aromatic carbocycles. The molecule has 0 fully saturated rings. The van der Waals surface area contributed by atoms with Crippen LogP contribution < -0.4 is 10.6 Å². The SMILES string of the molecule is CC(=O)c1ccccc1NC(=O)CNc1ccc(C)cc1F. The van der Waals surface area contributed by atoms with Crippen molar-refractivity contribution in [1.82, 2.24) is 0 Å². The van der Waals surface area contributed by atoms with Gasteiger partial charge in [-0.3, -0.25) is 9.59 Å². The first kappa shape index (κ1) is 15.7. The molecule has 2 rings (SSSR count). The summed E-state index contributed by atoms with van der Waals surface area (Å²) in [7, 11) is 0. The van der Waals surface area contributed by atoms with Gasteiger partial charge in [0.05, 0.1) is 17.9 Å². The number of anilines is 2. The molecule has 0 heterocycles. The van der Waals surface area contributed by atoms with Gasteiger partial charge in [-0.2, -0.15) is 0 Å². The van der Waals surface area contributed by atoms with Crippen molar-refractivity contribution in [2.24, 2.45) is 0 Å². The van der Waals surface area contributed by atoms with E-state index in [0.29, 0.717) is 11.3 Å². The maximum Gasteiger partial charge on any atom is 0.243 e. The molecule has 0 aliphatic carbocycles. The monoisotopic (exact) mass is 300 g/mol. The summed E-state index contributed by atoms with van der Waals surface area (Å²) in [5.41, 5.74) is 1.96. The molecule has 4 nitrogen and oxygen atoms in total. The average Bonchev–Trinajstić information content (AvgIpc) is 2.46. The predicted molar refractivity (Wildman–Crippen MR) is 84.7 cm³/mol. The lowest BCUT2D eigenvalue weighted by Crippen LogP contribution is -2.23. The number of ketones is 1. The molecular formula is C17H17FN2O2. The van der Waals surface area contributed by atoms with Gasteiger partial charge < -0.3 is 10.6 Å². The summed E-state index contributed by atoms with van der Waals surface area (Å²) < 4.78 is 13.7. The third-order valence-electron chi connectivity index (χ3n) is 3.14. The first-order valence-electron chi connectivity index (χ1n) is 6.87. The number of para-hydroxylation sites is 1. The highest BCUT2D eigenvalue weighted by atomic mass is 19.1. The van der Waals surface area contributed by atoms with Crippen molar-refractivity contribution in [2.75, 3.05) is 17.2 Å². The second-order valence-electron chi connectivity index (χ2n) is 4.99. The second kappa shape index (κ2) is 6.85. The zero-order chi connectivity index (χ0) is 16.1. The second-order valence-corrected chi connectivity index (χ2v) is 4.99. The van der Waals surface area contributed by atoms with Gasteiger partial charge in [0, 0.05) is 5.56 Å². The Kier molecular flexibility index (Phi) is 4.88. The first-order valence-corrected chi connectivity index (χ1v) is 6.87. The molecule has 0 spiro atoms. The minimum Gasteiger partial charge on any atom is -0.374 e. The lowest BCUT2D eigenvalue weighted by Gasteiger charge is -2.11. The van der Waals surface area contributed by atoms with Crippen molar-refractivity contribution in [3.8, 4) is 0 Å². The number of nitrogens with one attached hydrogen (secondary N) is 2. The fourth-order valence-corrected chi connectivity index (χ4v) is 2.03. The van der Waals surface area contributed by atoms with Crippen LogP contribution in [0.1, 0.15) is 22.8 Å². The van der Waals surface area contributed by atoms with Crippen LogP contribution >= 0.6 is 0 Å². The lowest BCUT2D eigenvalue weighted by molar-refractivity contribution is -0.114. The van der Waals surface area contributed by atoms with Crippen molar-refractivity contribution in [2.45, 2.75) is 13.8 Å². The Labute approximate surface area is 128 Å². The number of carbonyl (C=O) groups excluding carboxylic acids is 2. The van der Waals surface area contributed by atoms with Crippen LogP contribution in [0.5, 0.6) is 0 Å². The van der Waals surface area contributed by atoms with E-state index in [-0.39, 0.29) is 23.9 Å². The van der Waals surface area contributed by atoms with Crippen molar-refractivity contribution in [3.63, 3.8) is 0 Å². The first-order chi connectivity index (χ1) is 10.5. The fourth-order valence-electron chi connectivity index (χ4n) is 2.03. The van der Waals surface area contributed by atoms with Gasteiger partial charge in [-0.1, -0.05) is 18.2 Å². The third-order valence-corrected chi connectivity index (χ3v) is 3.14. The maximum atomic E-state index is 13.7. The van der Waals surface area contributed by atoms with Crippen molar-refractivity contribution < 1.29 is 14.0 Å². The normalized spacial score (nSPS) is 10.1. The predicted octanol–water partition coefficient (Wildman–Crippen LogP) is 3.39. The largest absolute Gasteiger partial charge is 0.374 e. The Balaban J connectivity index is 2.00. The van der Waals surface area contributed by atoms with Crippen molar-refractivity contribution in [3.05, 3.63) is 59.4 Å². The van der Waals surface area contributed by atoms with Crippen LogP contribution in [-0.4, -0.2) is 18.2 Å². The van der Waals surface area contributed by atoms with Gasteiger partial charge in [0.25, 0.3) is 0 Å². The molecule has 0 aromatic heterocycles. The average molecular weight is 300 g/mol. The van der Waals surface area contributed by atoms with Gasteiger partial charge in [-0.05, 0) is 43.7 Å². The molecule has 0 radical (unpaired) electrons. The van der Waals surface area contributed by atoms with Gasteiger partial charge in [-0.15, -0.1) is 0 Å². The van der Waals surface area contributed by atoms with Gasteiger partial charge in [0.1, 0.15) is 5.82 Å². The van der Waals surface area contributed by atoms with Crippen molar-refractivity contribution >= 4 is 23.1 Å². The van der Waals surface area contributed by atoms with E-state index in [1.165, 1.54) is 13.0 Å². The molecule has 2 aromatic rings. The lowest BCUT2D eigenvalue weighted by atomic mass is 10.1. The number of benzene rings is 2. The number of rotatable bonds is 5. The fraction of sp³-hybridized carbons (Fsp3) is 0.176. The van der Waals surface area contributed by atoms with Crippen LogP contribution in [0.25, 0.3) is 0 Å². The molecule has 22 heavy (non-hydrogen) atoms. The molecular weight excluding hydrogens is 283 g/mol. The summed E-state index contributed by atoms with van der Waals surface area (Å²) in [5, 5.41) is 5.39. The van der Waals surface area contributed by atoms with Gasteiger partial charge in [-0.25, -0.2) is 4.39 Å². The summed E-state index contributed by atoms with van der Waals surface area (Å²) in [6.07, 6.45) is 0. The van der Waals surface area contributed by atoms with E-state index < -0.39 is 5.82 Å². The molecule has 1 amide bonds. The van der Waals surface area contributed by atoms with Crippen LogP contribution in [0.15, 0.2) is 42.5 Å². The Morgan fingerprint density at radius 2 is 1.82 bits per heavy atom. The molecule has 114 valence electrons. The summed E-state index contributed by atoms with van der Waals surface area (Å²) in [5.74, 6) is -0.890. The zero-order valence-electron chi connectivity index (χ0n) is 12.4. The van der Waals surface area contributed by atoms with E-state index in [1.807, 2.05) is 0 Å². The quantitative estimate of drug-likeness (QED) is 0.832. The van der Waals surface area contributed by atoms with E-state index in [2.05, 4.69) is 10.6 Å². The number of halogens is 1. The van der Waals surface area contributed by atoms with Crippen molar-refractivity contribution in [1.29, 1.82) is 0 Å². The number of aryl methyl sites for hydroxylation is 1. The topological polar surface area (TPSA) is 58.2 Å². The summed E-state index contributed by atoms with van der Waals surface area (Å²) in [6.45, 7) is 3.13. The Morgan fingerprint density at radius 3 is 2.50 bits per heavy atom. The molecule has 0 saturated heterocycles. The van der Waals surface area contributed by atoms with E-state index in [4.69, 9.17) is 0 Å². The van der Waals surface area contributed by atoms with Crippen LogP contribution in [0.4, 0.5) is 15.8 Å². The van der Waals surface area contributed by atoms with Crippen LogP contribution in [-0.2, 0) is 4.79 Å². The number of hydrogen-bond donors (Lipinski definition) is 2. The zero-order valence-corrected chi connectivity index (χ0v) is 12.4. The maximum absolute atomic E-state index is 13.7. The summed E-state index contributed by atoms with van der Waals surface area (Å²) >= 11 is 0. The molecule has 0 aliphatic heterocycles.